The molecular weight excluding hydrogens is 252 g/mol. The fraction of sp³-hybridized carbons (Fsp3) is 0.167. The fourth-order valence-corrected chi connectivity index (χ4v) is 1.83. The van der Waals surface area contributed by atoms with Crippen LogP contribution in [0.5, 0.6) is 0 Å². The number of pyridine rings is 1. The Kier molecular flexibility index (Phi) is 2.68. The van der Waals surface area contributed by atoms with E-state index < -0.39 is 0 Å². The van der Waals surface area contributed by atoms with E-state index in [1.165, 1.54) is 0 Å². The number of hydrogen-bond acceptors (Lipinski definition) is 4. The summed E-state index contributed by atoms with van der Waals surface area (Å²) in [5.74, 6) is 2.29. The zero-order chi connectivity index (χ0) is 12.5. The lowest BCUT2D eigenvalue weighted by atomic mass is 10.4. The molecule has 3 rings (SSSR count). The first kappa shape index (κ1) is 11.1. The predicted molar refractivity (Wildman–Crippen MR) is 68.8 cm³/mol. The molecule has 0 aliphatic rings. The van der Waals surface area contributed by atoms with Crippen molar-refractivity contribution in [3.05, 3.63) is 47.0 Å². The Morgan fingerprint density at radius 2 is 2.22 bits per heavy atom. The topological polar surface area (TPSA) is 55.4 Å². The van der Waals surface area contributed by atoms with Crippen molar-refractivity contribution in [2.75, 3.05) is 5.32 Å². The number of halogens is 1. The molecule has 0 saturated carbocycles. The summed E-state index contributed by atoms with van der Waals surface area (Å²) in [5.41, 5.74) is 0.748. The average molecular weight is 263 g/mol. The van der Waals surface area contributed by atoms with Crippen LogP contribution >= 0.6 is 11.6 Å². The minimum absolute atomic E-state index is 0.548. The summed E-state index contributed by atoms with van der Waals surface area (Å²) >= 11 is 5.88. The Morgan fingerprint density at radius 1 is 1.33 bits per heavy atom. The Hall–Kier alpha value is -2.01. The highest BCUT2D eigenvalue weighted by atomic mass is 35.5. The second-order valence-electron chi connectivity index (χ2n) is 3.95. The van der Waals surface area contributed by atoms with E-state index in [1.807, 2.05) is 25.1 Å². The first-order valence-electron chi connectivity index (χ1n) is 5.52. The molecule has 0 aliphatic carbocycles. The van der Waals surface area contributed by atoms with E-state index >= 15 is 0 Å². The Labute approximate surface area is 108 Å². The number of aromatic nitrogens is 3. The van der Waals surface area contributed by atoms with Gasteiger partial charge in [0.1, 0.15) is 11.5 Å². The van der Waals surface area contributed by atoms with Gasteiger partial charge in [0, 0.05) is 6.20 Å². The van der Waals surface area contributed by atoms with E-state index in [-0.39, 0.29) is 0 Å². The molecule has 0 spiro atoms. The molecule has 0 bridgehead atoms. The first-order chi connectivity index (χ1) is 8.70. The van der Waals surface area contributed by atoms with E-state index in [4.69, 9.17) is 16.0 Å². The number of rotatable bonds is 3. The van der Waals surface area contributed by atoms with Crippen LogP contribution in [0.2, 0.25) is 5.02 Å². The zero-order valence-electron chi connectivity index (χ0n) is 9.72. The van der Waals surface area contributed by atoms with Crippen LogP contribution in [-0.2, 0) is 6.54 Å². The van der Waals surface area contributed by atoms with Crippen LogP contribution < -0.4 is 5.32 Å². The van der Waals surface area contributed by atoms with Gasteiger partial charge in [-0.25, -0.2) is 4.52 Å². The van der Waals surface area contributed by atoms with Crippen molar-refractivity contribution in [3.8, 4) is 0 Å². The van der Waals surface area contributed by atoms with Crippen LogP contribution in [0.25, 0.3) is 5.65 Å². The molecule has 0 radical (unpaired) electrons. The fourth-order valence-electron chi connectivity index (χ4n) is 1.68. The molecule has 5 nitrogen and oxygen atoms in total. The molecule has 0 atom stereocenters. The molecule has 0 aliphatic heterocycles. The minimum atomic E-state index is 0.548. The summed E-state index contributed by atoms with van der Waals surface area (Å²) < 4.78 is 7.09. The van der Waals surface area contributed by atoms with Gasteiger partial charge in [-0.15, -0.1) is 5.10 Å². The SMILES string of the molecule is Cc1ccc(CNc2nc3ccc(Cl)cn3n2)o1. The normalized spacial score (nSPS) is 11.0. The van der Waals surface area contributed by atoms with Gasteiger partial charge in [-0.3, -0.25) is 0 Å². The van der Waals surface area contributed by atoms with Gasteiger partial charge in [-0.05, 0) is 31.2 Å². The molecule has 1 N–H and O–H groups in total. The van der Waals surface area contributed by atoms with E-state index in [9.17, 15) is 0 Å². The summed E-state index contributed by atoms with van der Waals surface area (Å²) in [4.78, 5) is 4.32. The third kappa shape index (κ3) is 2.17. The maximum absolute atomic E-state index is 5.88. The molecule has 0 fully saturated rings. The predicted octanol–water partition coefficient (Wildman–Crippen LogP) is 2.90. The number of anilines is 1. The summed E-state index contributed by atoms with van der Waals surface area (Å²) in [7, 11) is 0. The standard InChI is InChI=1S/C12H11ClN4O/c1-8-2-4-10(18-8)6-14-12-15-11-5-3-9(13)7-17(11)16-12/h2-5,7H,6H2,1H3,(H,14,16). The zero-order valence-corrected chi connectivity index (χ0v) is 10.5. The molecule has 0 unspecified atom stereocenters. The number of aryl methyl sites for hydroxylation is 1. The van der Waals surface area contributed by atoms with E-state index in [0.717, 1.165) is 17.2 Å². The van der Waals surface area contributed by atoms with Gasteiger partial charge >= 0.3 is 0 Å². The van der Waals surface area contributed by atoms with Crippen molar-refractivity contribution < 1.29 is 4.42 Å². The highest BCUT2D eigenvalue weighted by molar-refractivity contribution is 6.30. The summed E-state index contributed by atoms with van der Waals surface area (Å²) in [6.07, 6.45) is 1.71. The van der Waals surface area contributed by atoms with E-state index in [1.54, 1.807) is 16.8 Å². The summed E-state index contributed by atoms with van der Waals surface area (Å²) in [6.45, 7) is 2.47. The van der Waals surface area contributed by atoms with Gasteiger partial charge in [0.25, 0.3) is 0 Å². The van der Waals surface area contributed by atoms with Crippen LogP contribution in [0.15, 0.2) is 34.9 Å². The monoisotopic (exact) mass is 262 g/mol. The lowest BCUT2D eigenvalue weighted by molar-refractivity contribution is 0.490. The van der Waals surface area contributed by atoms with Gasteiger partial charge in [-0.2, -0.15) is 4.98 Å². The lowest BCUT2D eigenvalue weighted by Crippen LogP contribution is -2.00. The van der Waals surface area contributed by atoms with Crippen LogP contribution in [-0.4, -0.2) is 14.6 Å². The second kappa shape index (κ2) is 4.34. The highest BCUT2D eigenvalue weighted by Gasteiger charge is 2.04. The van der Waals surface area contributed by atoms with Crippen molar-refractivity contribution in [3.63, 3.8) is 0 Å². The summed E-state index contributed by atoms with van der Waals surface area (Å²) in [6, 6.07) is 7.45. The van der Waals surface area contributed by atoms with Crippen LogP contribution in [0.3, 0.4) is 0 Å². The third-order valence-corrected chi connectivity index (χ3v) is 2.74. The molecule has 6 heteroatoms. The van der Waals surface area contributed by atoms with Gasteiger partial charge in [-0.1, -0.05) is 11.6 Å². The third-order valence-electron chi connectivity index (χ3n) is 2.51. The molecule has 92 valence electrons. The van der Waals surface area contributed by atoms with Crippen LogP contribution in [0, 0.1) is 6.92 Å². The summed E-state index contributed by atoms with van der Waals surface area (Å²) in [5, 5.41) is 7.99. The molecule has 3 aromatic rings. The number of nitrogens with one attached hydrogen (secondary N) is 1. The van der Waals surface area contributed by atoms with E-state index in [0.29, 0.717) is 17.5 Å². The first-order valence-corrected chi connectivity index (χ1v) is 5.89. The van der Waals surface area contributed by atoms with Gasteiger partial charge in [0.2, 0.25) is 5.95 Å². The molecule has 18 heavy (non-hydrogen) atoms. The number of hydrogen-bond donors (Lipinski definition) is 1. The van der Waals surface area contributed by atoms with Crippen LogP contribution in [0.4, 0.5) is 5.95 Å². The van der Waals surface area contributed by atoms with Gasteiger partial charge in [0.15, 0.2) is 5.65 Å². The minimum Gasteiger partial charge on any atom is -0.465 e. The Bertz CT molecular complexity index is 688. The lowest BCUT2D eigenvalue weighted by Gasteiger charge is -1.97. The van der Waals surface area contributed by atoms with Crippen molar-refractivity contribution >= 4 is 23.2 Å². The molecule has 0 aromatic carbocycles. The number of fused-ring (bicyclic) bond motifs is 1. The van der Waals surface area contributed by atoms with Crippen molar-refractivity contribution in [2.24, 2.45) is 0 Å². The molecule has 0 amide bonds. The molecular formula is C12H11ClN4O. The van der Waals surface area contributed by atoms with Crippen molar-refractivity contribution in [1.29, 1.82) is 0 Å². The largest absolute Gasteiger partial charge is 0.465 e. The smallest absolute Gasteiger partial charge is 0.243 e. The Balaban J connectivity index is 1.78. The van der Waals surface area contributed by atoms with E-state index in [2.05, 4.69) is 15.4 Å². The highest BCUT2D eigenvalue weighted by Crippen LogP contribution is 2.12. The average Bonchev–Trinajstić information content (AvgIpc) is 2.92. The van der Waals surface area contributed by atoms with Gasteiger partial charge in [0.05, 0.1) is 11.6 Å². The van der Waals surface area contributed by atoms with Gasteiger partial charge < -0.3 is 9.73 Å². The maximum Gasteiger partial charge on any atom is 0.243 e. The second-order valence-corrected chi connectivity index (χ2v) is 4.39. The quantitative estimate of drug-likeness (QED) is 0.789. The molecule has 0 saturated heterocycles. The maximum atomic E-state index is 5.88. The van der Waals surface area contributed by atoms with Crippen LogP contribution in [0.1, 0.15) is 11.5 Å². The Morgan fingerprint density at radius 3 is 3.00 bits per heavy atom. The van der Waals surface area contributed by atoms with Crippen molar-refractivity contribution in [2.45, 2.75) is 13.5 Å². The number of nitrogens with zero attached hydrogens (tertiary/aromatic N) is 3. The molecule has 3 heterocycles. The number of furan rings is 1. The molecule has 3 aromatic heterocycles. The van der Waals surface area contributed by atoms with Crippen molar-refractivity contribution in [1.82, 2.24) is 14.6 Å².